The Morgan fingerprint density at radius 1 is 1.31 bits per heavy atom. The normalized spacial score (nSPS) is 53.5. The van der Waals surface area contributed by atoms with Crippen molar-refractivity contribution in [2.45, 2.75) is 25.0 Å². The number of likely N-dealkylation sites (tertiary alicyclic amines) is 1. The van der Waals surface area contributed by atoms with Crippen LogP contribution >= 0.6 is 0 Å². The molecule has 2 saturated carbocycles. The van der Waals surface area contributed by atoms with Gasteiger partial charge in [0.25, 0.3) is 0 Å². The Balaban J connectivity index is 1.82. The Hall–Kier alpha value is -0.120. The van der Waals surface area contributed by atoms with Crippen LogP contribution < -0.4 is 5.73 Å². The van der Waals surface area contributed by atoms with Gasteiger partial charge in [-0.3, -0.25) is 4.90 Å². The Bertz CT molecular complexity index is 219. The zero-order valence-corrected chi connectivity index (χ0v) is 7.89. The van der Waals surface area contributed by atoms with Gasteiger partial charge in [0.05, 0.1) is 6.10 Å². The van der Waals surface area contributed by atoms with E-state index < -0.39 is 0 Å². The molecule has 0 radical (unpaired) electrons. The number of aliphatic hydroxyl groups is 1. The summed E-state index contributed by atoms with van der Waals surface area (Å²) in [6.45, 7) is 2.90. The number of nitrogens with two attached hydrogens (primary N) is 1. The van der Waals surface area contributed by atoms with Gasteiger partial charge in [-0.15, -0.1) is 0 Å². The zero-order chi connectivity index (χ0) is 9.00. The van der Waals surface area contributed by atoms with E-state index in [4.69, 9.17) is 5.73 Å². The summed E-state index contributed by atoms with van der Waals surface area (Å²) in [7, 11) is 0. The quantitative estimate of drug-likeness (QED) is 0.613. The number of hydrogen-bond donors (Lipinski definition) is 2. The lowest BCUT2D eigenvalue weighted by molar-refractivity contribution is 0.0521. The SMILES string of the molecule is NCCN1CC2CC3CC2C1C3O. The summed E-state index contributed by atoms with van der Waals surface area (Å²) in [5, 5.41) is 10.0. The molecule has 74 valence electrons. The minimum absolute atomic E-state index is 0.0460. The van der Waals surface area contributed by atoms with Crippen LogP contribution in [0, 0.1) is 17.8 Å². The van der Waals surface area contributed by atoms with Crippen molar-refractivity contribution >= 4 is 0 Å². The van der Waals surface area contributed by atoms with Gasteiger partial charge in [0.2, 0.25) is 0 Å². The molecule has 3 heteroatoms. The minimum Gasteiger partial charge on any atom is -0.391 e. The number of fused-ring (bicyclic) bond motifs is 1. The number of rotatable bonds is 2. The summed E-state index contributed by atoms with van der Waals surface area (Å²) in [6.07, 6.45) is 2.50. The first-order valence-corrected chi connectivity index (χ1v) is 5.43. The first-order valence-electron chi connectivity index (χ1n) is 5.43. The average molecular weight is 182 g/mol. The molecular weight excluding hydrogens is 164 g/mol. The monoisotopic (exact) mass is 182 g/mol. The maximum atomic E-state index is 10.0. The van der Waals surface area contributed by atoms with Crippen LogP contribution in [-0.2, 0) is 0 Å². The fourth-order valence-corrected chi connectivity index (χ4v) is 3.96. The Labute approximate surface area is 78.9 Å². The predicted octanol–water partition coefficient (Wildman–Crippen LogP) is -0.354. The van der Waals surface area contributed by atoms with E-state index in [1.54, 1.807) is 0 Å². The van der Waals surface area contributed by atoms with E-state index in [0.29, 0.717) is 12.0 Å². The van der Waals surface area contributed by atoms with Gasteiger partial charge in [-0.25, -0.2) is 0 Å². The van der Waals surface area contributed by atoms with Gasteiger partial charge in [0.1, 0.15) is 0 Å². The number of aliphatic hydroxyl groups excluding tert-OH is 1. The van der Waals surface area contributed by atoms with Crippen LogP contribution in [0.15, 0.2) is 0 Å². The van der Waals surface area contributed by atoms with Crippen molar-refractivity contribution in [3.05, 3.63) is 0 Å². The minimum atomic E-state index is -0.0460. The number of hydrogen-bond acceptors (Lipinski definition) is 3. The predicted molar refractivity (Wildman–Crippen MR) is 50.1 cm³/mol. The van der Waals surface area contributed by atoms with Crippen LogP contribution in [0.4, 0.5) is 0 Å². The molecule has 3 nitrogen and oxygen atoms in total. The molecule has 2 aliphatic carbocycles. The van der Waals surface area contributed by atoms with E-state index in [-0.39, 0.29) is 6.10 Å². The molecule has 3 aliphatic rings. The molecule has 1 aliphatic heterocycles. The van der Waals surface area contributed by atoms with E-state index >= 15 is 0 Å². The van der Waals surface area contributed by atoms with Crippen LogP contribution in [0.25, 0.3) is 0 Å². The van der Waals surface area contributed by atoms with E-state index in [1.807, 2.05) is 0 Å². The first kappa shape index (κ1) is 8.21. The third-order valence-corrected chi connectivity index (χ3v) is 4.36. The largest absolute Gasteiger partial charge is 0.391 e. The molecule has 0 amide bonds. The highest BCUT2D eigenvalue weighted by atomic mass is 16.3. The van der Waals surface area contributed by atoms with Crippen LogP contribution in [0.3, 0.4) is 0 Å². The van der Waals surface area contributed by atoms with E-state index in [1.165, 1.54) is 19.4 Å². The van der Waals surface area contributed by atoms with E-state index in [0.717, 1.165) is 24.9 Å². The molecule has 3 N–H and O–H groups in total. The van der Waals surface area contributed by atoms with Crippen molar-refractivity contribution in [1.29, 1.82) is 0 Å². The highest BCUT2D eigenvalue weighted by Gasteiger charge is 2.58. The van der Waals surface area contributed by atoms with Crippen LogP contribution in [0.1, 0.15) is 12.8 Å². The highest BCUT2D eigenvalue weighted by molar-refractivity contribution is 5.10. The molecule has 0 aromatic rings. The maximum Gasteiger partial charge on any atom is 0.0726 e. The topological polar surface area (TPSA) is 49.5 Å². The van der Waals surface area contributed by atoms with Crippen molar-refractivity contribution < 1.29 is 5.11 Å². The van der Waals surface area contributed by atoms with Gasteiger partial charge >= 0.3 is 0 Å². The van der Waals surface area contributed by atoms with E-state index in [9.17, 15) is 5.11 Å². The van der Waals surface area contributed by atoms with E-state index in [2.05, 4.69) is 4.90 Å². The second-order valence-corrected chi connectivity index (χ2v) is 4.92. The van der Waals surface area contributed by atoms with Crippen LogP contribution in [0.5, 0.6) is 0 Å². The molecule has 1 heterocycles. The highest BCUT2D eigenvalue weighted by Crippen LogP contribution is 2.54. The first-order chi connectivity index (χ1) is 6.31. The summed E-state index contributed by atoms with van der Waals surface area (Å²) in [5.41, 5.74) is 5.57. The Morgan fingerprint density at radius 2 is 2.15 bits per heavy atom. The molecule has 0 aromatic carbocycles. The smallest absolute Gasteiger partial charge is 0.0726 e. The molecule has 0 spiro atoms. The summed E-state index contributed by atoms with van der Waals surface area (Å²) in [6, 6.07) is 0.465. The van der Waals surface area contributed by atoms with Crippen molar-refractivity contribution in [1.82, 2.24) is 4.90 Å². The van der Waals surface area contributed by atoms with Gasteiger partial charge in [-0.05, 0) is 30.6 Å². The van der Waals surface area contributed by atoms with Crippen LogP contribution in [0.2, 0.25) is 0 Å². The standard InChI is InChI=1S/C10H18N2O/c11-1-2-12-5-7-3-6-4-8(7)9(12)10(6)13/h6-10,13H,1-5,11H2. The molecule has 5 unspecified atom stereocenters. The lowest BCUT2D eigenvalue weighted by Gasteiger charge is -2.28. The second-order valence-electron chi connectivity index (χ2n) is 4.92. The van der Waals surface area contributed by atoms with Crippen molar-refractivity contribution in [2.24, 2.45) is 23.5 Å². The summed E-state index contributed by atoms with van der Waals surface area (Å²) >= 11 is 0. The fraction of sp³-hybridized carbons (Fsp3) is 1.00. The summed E-state index contributed by atoms with van der Waals surface area (Å²) < 4.78 is 0. The Kier molecular flexibility index (Phi) is 1.70. The van der Waals surface area contributed by atoms with Gasteiger partial charge in [0.15, 0.2) is 0 Å². The second kappa shape index (κ2) is 2.69. The summed E-state index contributed by atoms with van der Waals surface area (Å²) in [5.74, 6) is 2.29. The van der Waals surface area contributed by atoms with Gasteiger partial charge < -0.3 is 10.8 Å². The summed E-state index contributed by atoms with van der Waals surface area (Å²) in [4.78, 5) is 2.42. The van der Waals surface area contributed by atoms with Gasteiger partial charge in [0, 0.05) is 25.7 Å². The van der Waals surface area contributed by atoms with Crippen molar-refractivity contribution in [2.75, 3.05) is 19.6 Å². The lowest BCUT2D eigenvalue weighted by Crippen LogP contribution is -2.42. The van der Waals surface area contributed by atoms with Crippen molar-refractivity contribution in [3.63, 3.8) is 0 Å². The molecule has 1 saturated heterocycles. The zero-order valence-electron chi connectivity index (χ0n) is 7.89. The molecule has 0 aromatic heterocycles. The molecule has 2 bridgehead atoms. The fourth-order valence-electron chi connectivity index (χ4n) is 3.96. The van der Waals surface area contributed by atoms with Crippen molar-refractivity contribution in [3.8, 4) is 0 Å². The molecule has 3 fully saturated rings. The number of nitrogens with zero attached hydrogens (tertiary/aromatic N) is 1. The van der Waals surface area contributed by atoms with Gasteiger partial charge in [-0.2, -0.15) is 0 Å². The van der Waals surface area contributed by atoms with Crippen LogP contribution in [-0.4, -0.2) is 41.8 Å². The molecular formula is C10H18N2O. The van der Waals surface area contributed by atoms with Gasteiger partial charge in [-0.1, -0.05) is 0 Å². The maximum absolute atomic E-state index is 10.0. The average Bonchev–Trinajstić information content (AvgIpc) is 2.65. The molecule has 5 atom stereocenters. The lowest BCUT2D eigenvalue weighted by atomic mass is 9.88. The molecule has 3 rings (SSSR count). The molecule has 13 heavy (non-hydrogen) atoms. The third kappa shape index (κ3) is 0.953. The third-order valence-electron chi connectivity index (χ3n) is 4.36. The Morgan fingerprint density at radius 3 is 2.85 bits per heavy atom.